The van der Waals surface area contributed by atoms with Crippen molar-refractivity contribution < 1.29 is 9.59 Å². The zero-order valence-corrected chi connectivity index (χ0v) is 20.9. The lowest BCUT2D eigenvalue weighted by Crippen LogP contribution is -2.37. The fourth-order valence-electron chi connectivity index (χ4n) is 5.49. The number of amides is 1. The number of pyridine rings is 1. The van der Waals surface area contributed by atoms with Crippen LogP contribution in [0.15, 0.2) is 61.4 Å². The average molecular weight is 495 g/mol. The van der Waals surface area contributed by atoms with E-state index in [4.69, 9.17) is 4.98 Å². The summed E-state index contributed by atoms with van der Waals surface area (Å²) in [7, 11) is 0. The van der Waals surface area contributed by atoms with Crippen molar-refractivity contribution in [1.82, 2.24) is 24.7 Å². The zero-order valence-electron chi connectivity index (χ0n) is 20.9. The second kappa shape index (κ2) is 9.86. The van der Waals surface area contributed by atoms with E-state index in [1.54, 1.807) is 43.1 Å². The van der Waals surface area contributed by atoms with Crippen molar-refractivity contribution in [3.63, 3.8) is 0 Å². The van der Waals surface area contributed by atoms with E-state index in [1.807, 2.05) is 22.7 Å². The summed E-state index contributed by atoms with van der Waals surface area (Å²) in [5.41, 5.74) is 4.30. The van der Waals surface area contributed by atoms with Crippen molar-refractivity contribution in [1.29, 1.82) is 0 Å². The topological polar surface area (TPSA) is 101 Å². The fourth-order valence-corrected chi connectivity index (χ4v) is 5.49. The molecule has 1 aromatic carbocycles. The Morgan fingerprint density at radius 3 is 2.62 bits per heavy atom. The van der Waals surface area contributed by atoms with Crippen LogP contribution in [0.2, 0.25) is 0 Å². The number of aromatic nitrogens is 4. The molecule has 1 aliphatic carbocycles. The van der Waals surface area contributed by atoms with E-state index in [0.717, 1.165) is 60.9 Å². The number of fused-ring (bicyclic) bond motifs is 1. The molecule has 188 valence electrons. The highest BCUT2D eigenvalue weighted by Crippen LogP contribution is 2.42. The highest BCUT2D eigenvalue weighted by Gasteiger charge is 2.34. The molecular weight excluding hydrogens is 464 g/mol. The van der Waals surface area contributed by atoms with Gasteiger partial charge in [0.2, 0.25) is 0 Å². The predicted octanol–water partition coefficient (Wildman–Crippen LogP) is 4.88. The summed E-state index contributed by atoms with van der Waals surface area (Å²) in [6.07, 6.45) is 13.5. The van der Waals surface area contributed by atoms with Crippen LogP contribution in [0.25, 0.3) is 16.8 Å². The summed E-state index contributed by atoms with van der Waals surface area (Å²) in [5, 5.41) is 6.53. The molecule has 8 nitrogen and oxygen atoms in total. The molecule has 2 N–H and O–H groups in total. The molecule has 6 rings (SSSR count). The quantitative estimate of drug-likeness (QED) is 0.371. The molecule has 1 amide bonds. The van der Waals surface area contributed by atoms with Crippen molar-refractivity contribution in [3.8, 4) is 11.3 Å². The van der Waals surface area contributed by atoms with Crippen molar-refractivity contribution >= 4 is 23.0 Å². The van der Waals surface area contributed by atoms with Crippen molar-refractivity contribution in [3.05, 3.63) is 78.1 Å². The van der Waals surface area contributed by atoms with Crippen LogP contribution in [0.5, 0.6) is 0 Å². The van der Waals surface area contributed by atoms with Crippen LogP contribution >= 0.6 is 0 Å². The van der Waals surface area contributed by atoms with Crippen LogP contribution in [-0.2, 0) is 0 Å². The summed E-state index contributed by atoms with van der Waals surface area (Å²) in [5.74, 6) is 0.510. The molecule has 1 saturated heterocycles. The number of benzene rings is 1. The van der Waals surface area contributed by atoms with Crippen LogP contribution < -0.4 is 10.6 Å². The number of carbonyl (C=O) groups excluding carboxylic acids is 2. The minimum Gasteiger partial charge on any atom is -0.314 e. The van der Waals surface area contributed by atoms with E-state index in [1.165, 1.54) is 0 Å². The second-order valence-electron chi connectivity index (χ2n) is 10.2. The van der Waals surface area contributed by atoms with Crippen LogP contribution in [0.3, 0.4) is 0 Å². The molecule has 1 saturated carbocycles. The maximum atomic E-state index is 13.7. The highest BCUT2D eigenvalue weighted by atomic mass is 16.1. The standard InChI is InChI=1S/C29H30N6O2/c1-18-8-9-20(15-32-18)25-21(28(36)19-5-4-6-19)10-11-22(29(37)34-24-7-2-3-12-31-24)26(25)27-23-16-30-13-14-35(23)17-33-27/h2-3,7,10-14,16-20,32H,4-6,8-9,15H2,1H3,(H,31,34,37). The number of nitrogens with one attached hydrogen (secondary N) is 2. The van der Waals surface area contributed by atoms with Gasteiger partial charge in [0.15, 0.2) is 5.78 Å². The fraction of sp³-hybridized carbons (Fsp3) is 0.345. The summed E-state index contributed by atoms with van der Waals surface area (Å²) >= 11 is 0. The number of imidazole rings is 1. The average Bonchev–Trinajstić information content (AvgIpc) is 3.32. The highest BCUT2D eigenvalue weighted by molar-refractivity contribution is 6.12. The van der Waals surface area contributed by atoms with Gasteiger partial charge in [0, 0.05) is 53.8 Å². The van der Waals surface area contributed by atoms with Gasteiger partial charge in [0.05, 0.1) is 17.4 Å². The molecule has 3 aromatic heterocycles. The van der Waals surface area contributed by atoms with Crippen LogP contribution in [0, 0.1) is 5.92 Å². The van der Waals surface area contributed by atoms with Crippen LogP contribution in [-0.4, -0.2) is 43.6 Å². The Morgan fingerprint density at radius 1 is 1.03 bits per heavy atom. The summed E-state index contributed by atoms with van der Waals surface area (Å²) in [6.45, 7) is 2.93. The van der Waals surface area contributed by atoms with Gasteiger partial charge in [-0.05, 0) is 62.3 Å². The summed E-state index contributed by atoms with van der Waals surface area (Å²) < 4.78 is 1.90. The third kappa shape index (κ3) is 4.42. The minimum atomic E-state index is -0.278. The Balaban J connectivity index is 1.57. The SMILES string of the molecule is CC1CCC(c2c(C(=O)C3CCC3)ccc(C(=O)Nc3ccccn3)c2-c2ncn3ccncc23)CN1. The third-order valence-electron chi connectivity index (χ3n) is 7.79. The molecule has 2 aliphatic rings. The van der Waals surface area contributed by atoms with Crippen LogP contribution in [0.1, 0.15) is 71.2 Å². The molecule has 4 heterocycles. The minimum absolute atomic E-state index is 0.0516. The van der Waals surface area contributed by atoms with E-state index >= 15 is 0 Å². The first kappa shape index (κ1) is 23.5. The predicted molar refractivity (Wildman–Crippen MR) is 142 cm³/mol. The van der Waals surface area contributed by atoms with Gasteiger partial charge < -0.3 is 15.0 Å². The monoisotopic (exact) mass is 494 g/mol. The Kier molecular flexibility index (Phi) is 6.26. The molecule has 4 aromatic rings. The van der Waals surface area contributed by atoms with E-state index in [2.05, 4.69) is 27.5 Å². The number of hydrogen-bond acceptors (Lipinski definition) is 6. The molecule has 8 heteroatoms. The smallest absolute Gasteiger partial charge is 0.257 e. The normalized spacial score (nSPS) is 19.9. The van der Waals surface area contributed by atoms with Gasteiger partial charge >= 0.3 is 0 Å². The molecule has 1 aliphatic heterocycles. The Hall–Kier alpha value is -3.91. The number of Topliss-reactive ketones (excluding diaryl/α,β-unsaturated/α-hetero) is 1. The van der Waals surface area contributed by atoms with Gasteiger partial charge in [-0.1, -0.05) is 18.6 Å². The molecule has 37 heavy (non-hydrogen) atoms. The molecule has 0 spiro atoms. The molecule has 0 radical (unpaired) electrons. The van der Waals surface area contributed by atoms with Crippen molar-refractivity contribution in [2.45, 2.75) is 51.0 Å². The first-order valence-corrected chi connectivity index (χ1v) is 13.0. The number of hydrogen-bond donors (Lipinski definition) is 2. The first-order chi connectivity index (χ1) is 18.1. The Morgan fingerprint density at radius 2 is 1.89 bits per heavy atom. The van der Waals surface area contributed by atoms with Crippen LogP contribution in [0.4, 0.5) is 5.82 Å². The third-order valence-corrected chi connectivity index (χ3v) is 7.79. The van der Waals surface area contributed by atoms with Crippen molar-refractivity contribution in [2.24, 2.45) is 5.92 Å². The molecule has 2 fully saturated rings. The summed E-state index contributed by atoms with van der Waals surface area (Å²) in [6, 6.07) is 9.46. The molecular formula is C29H30N6O2. The number of nitrogens with zero attached hydrogens (tertiary/aromatic N) is 4. The van der Waals surface area contributed by atoms with Gasteiger partial charge in [-0.2, -0.15) is 0 Å². The van der Waals surface area contributed by atoms with Gasteiger partial charge in [-0.3, -0.25) is 14.6 Å². The number of ketones is 1. The van der Waals surface area contributed by atoms with Gasteiger partial charge in [0.1, 0.15) is 12.1 Å². The first-order valence-electron chi connectivity index (χ1n) is 13.0. The van der Waals surface area contributed by atoms with E-state index in [-0.39, 0.29) is 23.5 Å². The molecule has 0 bridgehead atoms. The maximum absolute atomic E-state index is 13.7. The maximum Gasteiger partial charge on any atom is 0.257 e. The zero-order chi connectivity index (χ0) is 25.4. The molecule has 2 atom stereocenters. The lowest BCUT2D eigenvalue weighted by molar-refractivity contribution is 0.0852. The Bertz CT molecular complexity index is 1450. The lowest BCUT2D eigenvalue weighted by Gasteiger charge is -2.33. The largest absolute Gasteiger partial charge is 0.314 e. The number of rotatable bonds is 6. The second-order valence-corrected chi connectivity index (χ2v) is 10.2. The van der Waals surface area contributed by atoms with E-state index in [0.29, 0.717) is 23.1 Å². The molecule has 2 unspecified atom stereocenters. The van der Waals surface area contributed by atoms with Gasteiger partial charge in [0.25, 0.3) is 5.91 Å². The number of carbonyl (C=O) groups is 2. The van der Waals surface area contributed by atoms with Crippen molar-refractivity contribution in [2.75, 3.05) is 11.9 Å². The lowest BCUT2D eigenvalue weighted by atomic mass is 9.74. The number of piperidine rings is 1. The van der Waals surface area contributed by atoms with E-state index < -0.39 is 0 Å². The van der Waals surface area contributed by atoms with E-state index in [9.17, 15) is 9.59 Å². The number of anilines is 1. The summed E-state index contributed by atoms with van der Waals surface area (Å²) in [4.78, 5) is 40.8. The van der Waals surface area contributed by atoms with Gasteiger partial charge in [-0.15, -0.1) is 0 Å². The van der Waals surface area contributed by atoms with Gasteiger partial charge in [-0.25, -0.2) is 9.97 Å². The Labute approximate surface area is 215 Å².